The molecule has 3 heterocycles. The van der Waals surface area contributed by atoms with Crippen molar-refractivity contribution in [1.29, 1.82) is 0 Å². The molecule has 0 saturated heterocycles. The molecule has 1 amide bonds. The van der Waals surface area contributed by atoms with Crippen molar-refractivity contribution in [2.75, 3.05) is 11.9 Å². The topological polar surface area (TPSA) is 102 Å². The number of pyridine rings is 2. The molecule has 0 aliphatic carbocycles. The molecule has 2 N–H and O–H groups in total. The van der Waals surface area contributed by atoms with E-state index in [0.717, 1.165) is 16.8 Å². The standard InChI is InChI=1S/C20H18ClF3N6O2/c1-12-5-6-13(29-17(12)22)8-26-16(31)10-30-15(21)9-27-18(19(30)32)28-11-20(23,24)14-4-2-3-7-25-14/h2-7,9H,8,10-11H2,1H3,(H,26,31)(H,27,28). The number of aromatic nitrogens is 4. The van der Waals surface area contributed by atoms with Crippen LogP contribution in [-0.2, 0) is 23.8 Å². The number of halogens is 4. The predicted molar refractivity (Wildman–Crippen MR) is 111 cm³/mol. The van der Waals surface area contributed by atoms with Gasteiger partial charge in [0.1, 0.15) is 17.4 Å². The number of anilines is 1. The van der Waals surface area contributed by atoms with E-state index in [2.05, 4.69) is 25.6 Å². The van der Waals surface area contributed by atoms with Crippen LogP contribution in [0.5, 0.6) is 0 Å². The monoisotopic (exact) mass is 466 g/mol. The number of nitrogens with zero attached hydrogens (tertiary/aromatic N) is 4. The molecular weight excluding hydrogens is 449 g/mol. The van der Waals surface area contributed by atoms with Crippen molar-refractivity contribution in [3.63, 3.8) is 0 Å². The Labute approximate surface area is 185 Å². The molecule has 12 heteroatoms. The van der Waals surface area contributed by atoms with Crippen molar-refractivity contribution in [2.45, 2.75) is 25.9 Å². The summed E-state index contributed by atoms with van der Waals surface area (Å²) in [5.41, 5.74) is -0.677. The molecular formula is C20H18ClF3N6O2. The maximum atomic E-state index is 14.3. The van der Waals surface area contributed by atoms with Gasteiger partial charge in [0.05, 0.1) is 25.0 Å². The van der Waals surface area contributed by atoms with Crippen LogP contribution in [0.4, 0.5) is 19.0 Å². The van der Waals surface area contributed by atoms with Crippen LogP contribution in [-0.4, -0.2) is 32.0 Å². The molecule has 0 radical (unpaired) electrons. The molecule has 3 aromatic heterocycles. The first-order valence-corrected chi connectivity index (χ1v) is 9.72. The molecule has 0 fully saturated rings. The highest BCUT2D eigenvalue weighted by Crippen LogP contribution is 2.25. The molecule has 168 valence electrons. The van der Waals surface area contributed by atoms with Gasteiger partial charge in [-0.15, -0.1) is 0 Å². The van der Waals surface area contributed by atoms with Gasteiger partial charge in [-0.3, -0.25) is 19.1 Å². The molecule has 0 spiro atoms. The number of hydrogen-bond acceptors (Lipinski definition) is 6. The number of carbonyl (C=O) groups is 1. The van der Waals surface area contributed by atoms with Crippen LogP contribution < -0.4 is 16.2 Å². The molecule has 0 saturated carbocycles. The zero-order valence-corrected chi connectivity index (χ0v) is 17.5. The summed E-state index contributed by atoms with van der Waals surface area (Å²) < 4.78 is 43.0. The number of carbonyl (C=O) groups excluding carboxylic acids is 1. The highest BCUT2D eigenvalue weighted by atomic mass is 35.5. The quantitative estimate of drug-likeness (QED) is 0.495. The van der Waals surface area contributed by atoms with E-state index in [1.807, 2.05) is 0 Å². The molecule has 32 heavy (non-hydrogen) atoms. The second kappa shape index (κ2) is 9.77. The maximum Gasteiger partial charge on any atom is 0.306 e. The Bertz CT molecular complexity index is 1170. The fourth-order valence-electron chi connectivity index (χ4n) is 2.63. The zero-order chi connectivity index (χ0) is 23.3. The Morgan fingerprint density at radius 2 is 2.00 bits per heavy atom. The van der Waals surface area contributed by atoms with E-state index >= 15 is 0 Å². The summed E-state index contributed by atoms with van der Waals surface area (Å²) in [5, 5.41) is 4.62. The first kappa shape index (κ1) is 23.2. The lowest BCUT2D eigenvalue weighted by Crippen LogP contribution is -2.35. The number of aryl methyl sites for hydroxylation is 1. The third-order valence-electron chi connectivity index (χ3n) is 4.38. The molecule has 8 nitrogen and oxygen atoms in total. The lowest BCUT2D eigenvalue weighted by Gasteiger charge is -2.17. The summed E-state index contributed by atoms with van der Waals surface area (Å²) in [6.45, 7) is 0.0415. The number of nitrogens with one attached hydrogen (secondary N) is 2. The van der Waals surface area contributed by atoms with Crippen LogP contribution >= 0.6 is 11.6 Å². The normalized spacial score (nSPS) is 11.3. The first-order chi connectivity index (χ1) is 15.2. The minimum Gasteiger partial charge on any atom is -0.359 e. The predicted octanol–water partition coefficient (Wildman–Crippen LogP) is 2.65. The van der Waals surface area contributed by atoms with E-state index in [4.69, 9.17) is 11.6 Å². The third kappa shape index (κ3) is 5.61. The van der Waals surface area contributed by atoms with Gasteiger partial charge in [0.25, 0.3) is 5.56 Å². The second-order valence-electron chi connectivity index (χ2n) is 6.78. The molecule has 0 aliphatic rings. The third-order valence-corrected chi connectivity index (χ3v) is 4.69. The Morgan fingerprint density at radius 1 is 1.22 bits per heavy atom. The van der Waals surface area contributed by atoms with Crippen LogP contribution in [0.25, 0.3) is 0 Å². The maximum absolute atomic E-state index is 14.3. The van der Waals surface area contributed by atoms with E-state index in [-0.39, 0.29) is 17.4 Å². The summed E-state index contributed by atoms with van der Waals surface area (Å²) in [6.07, 6.45) is 2.30. The fourth-order valence-corrected chi connectivity index (χ4v) is 2.81. The zero-order valence-electron chi connectivity index (χ0n) is 16.8. The highest BCUT2D eigenvalue weighted by Gasteiger charge is 2.33. The summed E-state index contributed by atoms with van der Waals surface area (Å²) in [4.78, 5) is 35.9. The average molecular weight is 467 g/mol. The Morgan fingerprint density at radius 3 is 2.69 bits per heavy atom. The van der Waals surface area contributed by atoms with Gasteiger partial charge in [-0.25, -0.2) is 9.97 Å². The lowest BCUT2D eigenvalue weighted by molar-refractivity contribution is -0.121. The van der Waals surface area contributed by atoms with Gasteiger partial charge in [0.15, 0.2) is 5.82 Å². The summed E-state index contributed by atoms with van der Waals surface area (Å²) in [6, 6.07) is 7.15. The van der Waals surface area contributed by atoms with Gasteiger partial charge < -0.3 is 10.6 Å². The number of amides is 1. The summed E-state index contributed by atoms with van der Waals surface area (Å²) in [7, 11) is 0. The van der Waals surface area contributed by atoms with Gasteiger partial charge in [0, 0.05) is 11.8 Å². The molecule has 0 aliphatic heterocycles. The van der Waals surface area contributed by atoms with Gasteiger partial charge in [-0.1, -0.05) is 23.7 Å². The summed E-state index contributed by atoms with van der Waals surface area (Å²) in [5.74, 6) is -5.04. The van der Waals surface area contributed by atoms with Crippen molar-refractivity contribution < 1.29 is 18.0 Å². The van der Waals surface area contributed by atoms with Crippen LogP contribution in [0, 0.1) is 12.9 Å². The minimum atomic E-state index is -3.37. The average Bonchev–Trinajstić information content (AvgIpc) is 2.77. The molecule has 0 unspecified atom stereocenters. The lowest BCUT2D eigenvalue weighted by atomic mass is 10.2. The van der Waals surface area contributed by atoms with Gasteiger partial charge >= 0.3 is 5.92 Å². The van der Waals surface area contributed by atoms with Crippen LogP contribution in [0.3, 0.4) is 0 Å². The minimum absolute atomic E-state index is 0.0745. The number of alkyl halides is 2. The highest BCUT2D eigenvalue weighted by molar-refractivity contribution is 6.29. The van der Waals surface area contributed by atoms with E-state index in [1.54, 1.807) is 13.0 Å². The van der Waals surface area contributed by atoms with Crippen molar-refractivity contribution in [1.82, 2.24) is 24.8 Å². The van der Waals surface area contributed by atoms with Crippen LogP contribution in [0.2, 0.25) is 5.15 Å². The SMILES string of the molecule is Cc1ccc(CNC(=O)Cn2c(Cl)cnc(NCC(F)(F)c3ccccn3)c2=O)nc1F. The van der Waals surface area contributed by atoms with Gasteiger partial charge in [0.2, 0.25) is 11.9 Å². The molecule has 0 bridgehead atoms. The second-order valence-corrected chi connectivity index (χ2v) is 7.17. The number of hydrogen-bond donors (Lipinski definition) is 2. The van der Waals surface area contributed by atoms with Crippen molar-refractivity contribution in [3.05, 3.63) is 81.1 Å². The number of rotatable bonds is 8. The first-order valence-electron chi connectivity index (χ1n) is 9.34. The van der Waals surface area contributed by atoms with E-state index in [9.17, 15) is 22.8 Å². The van der Waals surface area contributed by atoms with E-state index in [1.165, 1.54) is 24.4 Å². The van der Waals surface area contributed by atoms with E-state index < -0.39 is 47.9 Å². The largest absolute Gasteiger partial charge is 0.359 e. The Kier molecular flexibility index (Phi) is 7.08. The Balaban J connectivity index is 1.67. The van der Waals surface area contributed by atoms with Gasteiger partial charge in [-0.2, -0.15) is 13.2 Å². The van der Waals surface area contributed by atoms with E-state index in [0.29, 0.717) is 5.56 Å². The van der Waals surface area contributed by atoms with Crippen molar-refractivity contribution in [3.8, 4) is 0 Å². The smallest absolute Gasteiger partial charge is 0.306 e. The molecule has 0 aromatic carbocycles. The fraction of sp³-hybridized carbons (Fsp3) is 0.250. The Hall–Kier alpha value is -3.47. The summed E-state index contributed by atoms with van der Waals surface area (Å²) >= 11 is 5.96. The van der Waals surface area contributed by atoms with Crippen molar-refractivity contribution in [2.24, 2.45) is 0 Å². The van der Waals surface area contributed by atoms with Crippen LogP contribution in [0.15, 0.2) is 47.5 Å². The molecule has 3 rings (SSSR count). The molecule has 0 atom stereocenters. The molecule has 3 aromatic rings. The van der Waals surface area contributed by atoms with Crippen LogP contribution in [0.1, 0.15) is 17.0 Å². The van der Waals surface area contributed by atoms with Crippen molar-refractivity contribution >= 4 is 23.3 Å². The van der Waals surface area contributed by atoms with Gasteiger partial charge in [-0.05, 0) is 25.1 Å².